The van der Waals surface area contributed by atoms with E-state index >= 15 is 0 Å². The smallest absolute Gasteiger partial charge is 0.274 e. The Morgan fingerprint density at radius 2 is 2.12 bits per heavy atom. The minimum absolute atomic E-state index is 0.0854. The number of carbonyl (C=O) groups is 1. The number of hydrogen-bond donors (Lipinski definition) is 1. The molecule has 0 aliphatic rings. The largest absolute Gasteiger partial charge is 0.320 e. The number of nitro benzene ring substituents is 1. The Morgan fingerprint density at radius 3 is 2.80 bits per heavy atom. The van der Waals surface area contributed by atoms with Crippen LogP contribution in [0.4, 0.5) is 11.4 Å². The van der Waals surface area contributed by atoms with E-state index in [1.807, 2.05) is 6.92 Å². The van der Waals surface area contributed by atoms with Crippen molar-refractivity contribution in [3.63, 3.8) is 0 Å². The lowest BCUT2D eigenvalue weighted by Crippen LogP contribution is -2.17. The lowest BCUT2D eigenvalue weighted by Gasteiger charge is -2.09. The minimum Gasteiger partial charge on any atom is -0.320 e. The number of aryl methyl sites for hydroxylation is 2. The van der Waals surface area contributed by atoms with Crippen LogP contribution < -0.4 is 5.32 Å². The van der Waals surface area contributed by atoms with E-state index < -0.39 is 10.8 Å². The first kappa shape index (κ1) is 16.9. The summed E-state index contributed by atoms with van der Waals surface area (Å²) in [5, 5.41) is 14.2. The fourth-order valence-electron chi connectivity index (χ4n) is 2.59. The first-order valence-corrected chi connectivity index (χ1v) is 8.01. The van der Waals surface area contributed by atoms with E-state index in [-0.39, 0.29) is 5.69 Å². The first-order chi connectivity index (χ1) is 11.9. The van der Waals surface area contributed by atoms with E-state index in [0.29, 0.717) is 34.2 Å². The van der Waals surface area contributed by atoms with Gasteiger partial charge in [0.25, 0.3) is 11.6 Å². The van der Waals surface area contributed by atoms with E-state index in [9.17, 15) is 14.9 Å². The molecule has 0 aliphatic carbocycles. The van der Waals surface area contributed by atoms with Gasteiger partial charge >= 0.3 is 0 Å². The third-order valence-corrected chi connectivity index (χ3v) is 4.11. The van der Waals surface area contributed by atoms with E-state index in [2.05, 4.69) is 10.3 Å². The second-order valence-corrected chi connectivity index (χ2v) is 5.98. The minimum atomic E-state index is -0.499. The molecule has 0 saturated carbocycles. The summed E-state index contributed by atoms with van der Waals surface area (Å²) in [6, 6.07) is 7.78. The zero-order chi connectivity index (χ0) is 18.1. The Kier molecular flexibility index (Phi) is 4.41. The molecule has 0 atom stereocenters. The highest BCUT2D eigenvalue weighted by Gasteiger charge is 2.20. The van der Waals surface area contributed by atoms with Crippen LogP contribution in [0.5, 0.6) is 0 Å². The summed E-state index contributed by atoms with van der Waals surface area (Å²) < 4.78 is 1.63. The number of nitro groups is 1. The number of aromatic nitrogens is 2. The van der Waals surface area contributed by atoms with E-state index in [1.54, 1.807) is 35.7 Å². The van der Waals surface area contributed by atoms with Gasteiger partial charge < -0.3 is 5.32 Å². The van der Waals surface area contributed by atoms with Gasteiger partial charge in [-0.05, 0) is 31.0 Å². The standard InChI is InChI=1S/C17H15ClN4O3/c1-3-13-16(21-9-11(18)5-7-15(21)19-13)17(23)20-14-8-12(22(24)25)6-4-10(14)2/h4-9H,3H2,1-2H3,(H,20,23). The Morgan fingerprint density at radius 1 is 1.36 bits per heavy atom. The molecule has 0 fully saturated rings. The molecule has 8 heteroatoms. The first-order valence-electron chi connectivity index (χ1n) is 7.63. The predicted molar refractivity (Wildman–Crippen MR) is 95.4 cm³/mol. The van der Waals surface area contributed by atoms with Crippen molar-refractivity contribution in [3.05, 3.63) is 68.6 Å². The van der Waals surface area contributed by atoms with Crippen molar-refractivity contribution in [2.75, 3.05) is 5.32 Å². The molecule has 0 unspecified atom stereocenters. The topological polar surface area (TPSA) is 89.5 Å². The average Bonchev–Trinajstić information content (AvgIpc) is 2.94. The number of halogens is 1. The van der Waals surface area contributed by atoms with Gasteiger partial charge in [-0.1, -0.05) is 24.6 Å². The number of amides is 1. The Hall–Kier alpha value is -2.93. The van der Waals surface area contributed by atoms with E-state index in [4.69, 9.17) is 11.6 Å². The molecule has 3 aromatic rings. The molecule has 7 nitrogen and oxygen atoms in total. The summed E-state index contributed by atoms with van der Waals surface area (Å²) in [4.78, 5) is 27.7. The van der Waals surface area contributed by atoms with Gasteiger partial charge in [0.05, 0.1) is 21.3 Å². The summed E-state index contributed by atoms with van der Waals surface area (Å²) >= 11 is 6.03. The van der Waals surface area contributed by atoms with Gasteiger partial charge in [0.2, 0.25) is 0 Å². The fraction of sp³-hybridized carbons (Fsp3) is 0.176. The second-order valence-electron chi connectivity index (χ2n) is 5.55. The van der Waals surface area contributed by atoms with Crippen LogP contribution in [0.15, 0.2) is 36.5 Å². The molecule has 0 bridgehead atoms. The zero-order valence-corrected chi connectivity index (χ0v) is 14.4. The number of rotatable bonds is 4. The number of anilines is 1. The molecule has 1 amide bonds. The van der Waals surface area contributed by atoms with Gasteiger partial charge in [-0.25, -0.2) is 4.98 Å². The summed E-state index contributed by atoms with van der Waals surface area (Å²) in [5.41, 5.74) is 2.64. The average molecular weight is 359 g/mol. The van der Waals surface area contributed by atoms with Crippen LogP contribution in [0.2, 0.25) is 5.02 Å². The van der Waals surface area contributed by atoms with Crippen molar-refractivity contribution in [2.24, 2.45) is 0 Å². The Labute approximate surface area is 148 Å². The van der Waals surface area contributed by atoms with E-state index in [1.165, 1.54) is 12.1 Å². The molecule has 2 heterocycles. The highest BCUT2D eigenvalue weighted by atomic mass is 35.5. The van der Waals surface area contributed by atoms with Crippen LogP contribution in [0.25, 0.3) is 5.65 Å². The molecule has 3 rings (SSSR count). The van der Waals surface area contributed by atoms with Crippen LogP contribution in [0.3, 0.4) is 0 Å². The highest BCUT2D eigenvalue weighted by molar-refractivity contribution is 6.30. The number of nitrogens with one attached hydrogen (secondary N) is 1. The number of fused-ring (bicyclic) bond motifs is 1. The quantitative estimate of drug-likeness (QED) is 0.563. The summed E-state index contributed by atoms with van der Waals surface area (Å²) in [6.07, 6.45) is 2.19. The number of carbonyl (C=O) groups excluding carboxylic acids is 1. The molecule has 0 aliphatic heterocycles. The molecule has 0 spiro atoms. The molecular weight excluding hydrogens is 344 g/mol. The maximum Gasteiger partial charge on any atom is 0.274 e. The van der Waals surface area contributed by atoms with Crippen molar-refractivity contribution in [2.45, 2.75) is 20.3 Å². The monoisotopic (exact) mass is 358 g/mol. The molecule has 128 valence electrons. The molecule has 25 heavy (non-hydrogen) atoms. The lowest BCUT2D eigenvalue weighted by molar-refractivity contribution is -0.384. The second kappa shape index (κ2) is 6.52. The third kappa shape index (κ3) is 3.18. The van der Waals surface area contributed by atoms with Crippen LogP contribution in [-0.4, -0.2) is 20.2 Å². The predicted octanol–water partition coefficient (Wildman–Crippen LogP) is 4.02. The third-order valence-electron chi connectivity index (χ3n) is 3.88. The zero-order valence-electron chi connectivity index (χ0n) is 13.6. The number of imidazole rings is 1. The van der Waals surface area contributed by atoms with Gasteiger partial charge in [0.15, 0.2) is 0 Å². The van der Waals surface area contributed by atoms with Crippen molar-refractivity contribution < 1.29 is 9.72 Å². The summed E-state index contributed by atoms with van der Waals surface area (Å²) in [5.74, 6) is -0.393. The molecule has 1 aromatic carbocycles. The molecule has 2 aromatic heterocycles. The fourth-order valence-corrected chi connectivity index (χ4v) is 2.75. The molecular formula is C17H15ClN4O3. The normalized spacial score (nSPS) is 10.8. The number of pyridine rings is 1. The van der Waals surface area contributed by atoms with Gasteiger partial charge in [0.1, 0.15) is 11.3 Å². The van der Waals surface area contributed by atoms with Gasteiger partial charge in [-0.3, -0.25) is 19.3 Å². The molecule has 0 radical (unpaired) electrons. The van der Waals surface area contributed by atoms with E-state index in [0.717, 1.165) is 5.56 Å². The van der Waals surface area contributed by atoms with Crippen LogP contribution in [0.1, 0.15) is 28.7 Å². The Balaban J connectivity index is 2.05. The maximum absolute atomic E-state index is 12.8. The molecule has 1 N–H and O–H groups in total. The van der Waals surface area contributed by atoms with Crippen LogP contribution >= 0.6 is 11.6 Å². The van der Waals surface area contributed by atoms with Crippen molar-refractivity contribution in [1.82, 2.24) is 9.38 Å². The van der Waals surface area contributed by atoms with Crippen molar-refractivity contribution in [3.8, 4) is 0 Å². The summed E-state index contributed by atoms with van der Waals surface area (Å²) in [6.45, 7) is 3.67. The maximum atomic E-state index is 12.8. The number of hydrogen-bond acceptors (Lipinski definition) is 4. The number of benzene rings is 1. The number of non-ortho nitro benzene ring substituents is 1. The van der Waals surface area contributed by atoms with Crippen LogP contribution in [-0.2, 0) is 6.42 Å². The van der Waals surface area contributed by atoms with Gasteiger partial charge in [-0.15, -0.1) is 0 Å². The SMILES string of the molecule is CCc1nc2ccc(Cl)cn2c1C(=O)Nc1cc([N+](=O)[O-])ccc1C. The number of nitrogens with zero attached hydrogens (tertiary/aromatic N) is 3. The highest BCUT2D eigenvalue weighted by Crippen LogP contribution is 2.24. The van der Waals surface area contributed by atoms with Crippen molar-refractivity contribution >= 4 is 34.5 Å². The molecule has 0 saturated heterocycles. The van der Waals surface area contributed by atoms with Crippen molar-refractivity contribution in [1.29, 1.82) is 0 Å². The Bertz CT molecular complexity index is 997. The lowest BCUT2D eigenvalue weighted by atomic mass is 10.1. The summed E-state index contributed by atoms with van der Waals surface area (Å²) in [7, 11) is 0. The van der Waals surface area contributed by atoms with Gasteiger partial charge in [-0.2, -0.15) is 0 Å². The van der Waals surface area contributed by atoms with Crippen LogP contribution in [0, 0.1) is 17.0 Å². The van der Waals surface area contributed by atoms with Gasteiger partial charge in [0, 0.05) is 18.3 Å².